The highest BCUT2D eigenvalue weighted by molar-refractivity contribution is 6.41. The van der Waals surface area contributed by atoms with Crippen LogP contribution in [0.15, 0.2) is 78.9 Å². The molecule has 0 aliphatic rings. The van der Waals surface area contributed by atoms with E-state index in [1.807, 2.05) is 42.5 Å². The van der Waals surface area contributed by atoms with Crippen molar-refractivity contribution in [3.63, 3.8) is 0 Å². The van der Waals surface area contributed by atoms with Crippen LogP contribution in [0.3, 0.4) is 0 Å². The molecule has 0 unspecified atom stereocenters. The van der Waals surface area contributed by atoms with E-state index in [1.165, 1.54) is 5.56 Å². The number of carbonyl (C=O) groups is 2. The number of para-hydroxylation sites is 2. The standard InChI is InChI=1S/C23H21ClN2O3/c24-19-11-5-6-12-20(19)26-23(28)22(27)25-14-15-29-21-13-7-4-10-18(21)16-17-8-2-1-3-9-17/h1-13H,14-16H2,(H,25,27)(H,26,28). The van der Waals surface area contributed by atoms with Crippen molar-refractivity contribution in [1.29, 1.82) is 0 Å². The van der Waals surface area contributed by atoms with Gasteiger partial charge in [0, 0.05) is 6.42 Å². The number of hydrogen-bond acceptors (Lipinski definition) is 3. The molecule has 0 fully saturated rings. The molecule has 0 bridgehead atoms. The number of halogens is 1. The van der Waals surface area contributed by atoms with Crippen molar-refractivity contribution < 1.29 is 14.3 Å². The maximum Gasteiger partial charge on any atom is 0.313 e. The third-order valence-corrected chi connectivity index (χ3v) is 4.51. The van der Waals surface area contributed by atoms with E-state index >= 15 is 0 Å². The molecule has 148 valence electrons. The molecule has 0 atom stereocenters. The molecule has 0 heterocycles. The molecule has 0 saturated carbocycles. The van der Waals surface area contributed by atoms with Crippen LogP contribution < -0.4 is 15.4 Å². The number of anilines is 1. The summed E-state index contributed by atoms with van der Waals surface area (Å²) in [6.45, 7) is 0.450. The van der Waals surface area contributed by atoms with Gasteiger partial charge in [0.1, 0.15) is 12.4 Å². The number of rotatable bonds is 7. The number of ether oxygens (including phenoxy) is 1. The molecule has 0 saturated heterocycles. The van der Waals surface area contributed by atoms with Gasteiger partial charge in [-0.15, -0.1) is 0 Å². The van der Waals surface area contributed by atoms with Crippen LogP contribution in [0.4, 0.5) is 5.69 Å². The van der Waals surface area contributed by atoms with E-state index < -0.39 is 11.8 Å². The van der Waals surface area contributed by atoms with Gasteiger partial charge in [-0.3, -0.25) is 9.59 Å². The number of hydrogen-bond donors (Lipinski definition) is 2. The number of amides is 2. The molecular weight excluding hydrogens is 388 g/mol. The van der Waals surface area contributed by atoms with Gasteiger partial charge in [-0.1, -0.05) is 72.3 Å². The third kappa shape index (κ3) is 6.09. The number of benzene rings is 3. The molecule has 0 aromatic heterocycles. The minimum atomic E-state index is -0.775. The number of carbonyl (C=O) groups excluding carboxylic acids is 2. The molecule has 5 nitrogen and oxygen atoms in total. The summed E-state index contributed by atoms with van der Waals surface area (Å²) in [5.41, 5.74) is 2.63. The van der Waals surface area contributed by atoms with Crippen LogP contribution >= 0.6 is 11.6 Å². The zero-order chi connectivity index (χ0) is 20.5. The first-order valence-electron chi connectivity index (χ1n) is 9.22. The van der Waals surface area contributed by atoms with Gasteiger partial charge in [-0.2, -0.15) is 0 Å². The van der Waals surface area contributed by atoms with Gasteiger partial charge in [0.15, 0.2) is 0 Å². The highest BCUT2D eigenvalue weighted by atomic mass is 35.5. The monoisotopic (exact) mass is 408 g/mol. The van der Waals surface area contributed by atoms with Crippen molar-refractivity contribution in [2.45, 2.75) is 6.42 Å². The second-order valence-electron chi connectivity index (χ2n) is 6.31. The SMILES string of the molecule is O=C(NCCOc1ccccc1Cc1ccccc1)C(=O)Nc1ccccc1Cl. The molecule has 3 rings (SSSR count). The molecule has 6 heteroatoms. The Morgan fingerprint density at radius 1 is 0.828 bits per heavy atom. The van der Waals surface area contributed by atoms with E-state index in [2.05, 4.69) is 22.8 Å². The third-order valence-electron chi connectivity index (χ3n) is 4.18. The van der Waals surface area contributed by atoms with Crippen molar-refractivity contribution in [3.8, 4) is 5.75 Å². The van der Waals surface area contributed by atoms with Gasteiger partial charge in [-0.25, -0.2) is 0 Å². The van der Waals surface area contributed by atoms with Gasteiger partial charge in [0.25, 0.3) is 0 Å². The molecule has 2 N–H and O–H groups in total. The van der Waals surface area contributed by atoms with Crippen LogP contribution in [-0.2, 0) is 16.0 Å². The molecule has 3 aromatic rings. The maximum atomic E-state index is 12.0. The summed E-state index contributed by atoms with van der Waals surface area (Å²) in [5, 5.41) is 5.39. The van der Waals surface area contributed by atoms with Crippen LogP contribution in [0.5, 0.6) is 5.75 Å². The molecule has 29 heavy (non-hydrogen) atoms. The van der Waals surface area contributed by atoms with Crippen molar-refractivity contribution in [1.82, 2.24) is 5.32 Å². The lowest BCUT2D eigenvalue weighted by Gasteiger charge is -2.12. The lowest BCUT2D eigenvalue weighted by molar-refractivity contribution is -0.136. The minimum absolute atomic E-state index is 0.203. The highest BCUT2D eigenvalue weighted by Crippen LogP contribution is 2.21. The summed E-state index contributed by atoms with van der Waals surface area (Å²) in [5.74, 6) is -0.764. The smallest absolute Gasteiger partial charge is 0.313 e. The quantitative estimate of drug-likeness (QED) is 0.457. The zero-order valence-corrected chi connectivity index (χ0v) is 16.5. The summed E-state index contributed by atoms with van der Waals surface area (Å²) in [4.78, 5) is 23.9. The maximum absolute atomic E-state index is 12.0. The molecule has 0 radical (unpaired) electrons. The Morgan fingerprint density at radius 3 is 2.31 bits per heavy atom. The Morgan fingerprint density at radius 2 is 1.52 bits per heavy atom. The van der Waals surface area contributed by atoms with Crippen molar-refractivity contribution in [3.05, 3.63) is 95.0 Å². The molecule has 3 aromatic carbocycles. The zero-order valence-electron chi connectivity index (χ0n) is 15.7. The Hall–Kier alpha value is -3.31. The fourth-order valence-corrected chi connectivity index (χ4v) is 2.94. The van der Waals surface area contributed by atoms with Crippen LogP contribution in [-0.4, -0.2) is 25.0 Å². The van der Waals surface area contributed by atoms with Crippen LogP contribution in [0, 0.1) is 0 Å². The van der Waals surface area contributed by atoms with Gasteiger partial charge < -0.3 is 15.4 Å². The average Bonchev–Trinajstić information content (AvgIpc) is 2.74. The van der Waals surface area contributed by atoms with E-state index in [-0.39, 0.29) is 13.2 Å². The van der Waals surface area contributed by atoms with Crippen LogP contribution in [0.2, 0.25) is 5.02 Å². The first-order chi connectivity index (χ1) is 14.1. The molecule has 2 amide bonds. The lowest BCUT2D eigenvalue weighted by atomic mass is 10.0. The Bertz CT molecular complexity index is 977. The Labute approximate surface area is 174 Å². The summed E-state index contributed by atoms with van der Waals surface area (Å²) < 4.78 is 5.81. The van der Waals surface area contributed by atoms with Crippen molar-refractivity contribution in [2.24, 2.45) is 0 Å². The predicted molar refractivity (Wildman–Crippen MR) is 114 cm³/mol. The second-order valence-corrected chi connectivity index (χ2v) is 6.72. The minimum Gasteiger partial charge on any atom is -0.491 e. The lowest BCUT2D eigenvalue weighted by Crippen LogP contribution is -2.37. The van der Waals surface area contributed by atoms with E-state index in [4.69, 9.17) is 16.3 Å². The Kier molecular flexibility index (Phi) is 7.25. The molecule has 0 aliphatic carbocycles. The van der Waals surface area contributed by atoms with E-state index in [9.17, 15) is 9.59 Å². The summed E-state index contributed by atoms with van der Waals surface area (Å²) in [7, 11) is 0. The van der Waals surface area contributed by atoms with E-state index in [0.717, 1.165) is 17.7 Å². The van der Waals surface area contributed by atoms with Gasteiger partial charge >= 0.3 is 11.8 Å². The predicted octanol–water partition coefficient (Wildman–Crippen LogP) is 4.06. The average molecular weight is 409 g/mol. The largest absolute Gasteiger partial charge is 0.491 e. The van der Waals surface area contributed by atoms with Gasteiger partial charge in [0.2, 0.25) is 0 Å². The first kappa shape index (κ1) is 20.4. The Balaban J connectivity index is 1.47. The van der Waals surface area contributed by atoms with Gasteiger partial charge in [0.05, 0.1) is 17.3 Å². The van der Waals surface area contributed by atoms with Crippen LogP contribution in [0.1, 0.15) is 11.1 Å². The van der Waals surface area contributed by atoms with Crippen LogP contribution in [0.25, 0.3) is 0 Å². The van der Waals surface area contributed by atoms with Crippen molar-refractivity contribution >= 4 is 29.1 Å². The highest BCUT2D eigenvalue weighted by Gasteiger charge is 2.14. The van der Waals surface area contributed by atoms with Crippen molar-refractivity contribution in [2.75, 3.05) is 18.5 Å². The fourth-order valence-electron chi connectivity index (χ4n) is 2.75. The molecular formula is C23H21ClN2O3. The summed E-state index contributed by atoms with van der Waals surface area (Å²) in [6, 6.07) is 24.6. The van der Waals surface area contributed by atoms with E-state index in [1.54, 1.807) is 24.3 Å². The topological polar surface area (TPSA) is 67.4 Å². The van der Waals surface area contributed by atoms with Gasteiger partial charge in [-0.05, 0) is 29.3 Å². The summed E-state index contributed by atoms with van der Waals surface area (Å²) in [6.07, 6.45) is 0.754. The summed E-state index contributed by atoms with van der Waals surface area (Å²) >= 11 is 5.97. The molecule has 0 aliphatic heterocycles. The first-order valence-corrected chi connectivity index (χ1v) is 9.59. The normalized spacial score (nSPS) is 10.2. The molecule has 0 spiro atoms. The number of nitrogens with one attached hydrogen (secondary N) is 2. The fraction of sp³-hybridized carbons (Fsp3) is 0.130. The second kappa shape index (κ2) is 10.3. The van der Waals surface area contributed by atoms with E-state index in [0.29, 0.717) is 10.7 Å².